The van der Waals surface area contributed by atoms with Crippen LogP contribution >= 0.6 is 24.0 Å². The second-order valence-electron chi connectivity index (χ2n) is 8.66. The van der Waals surface area contributed by atoms with Gasteiger partial charge in [0.25, 0.3) is 0 Å². The molecular formula is C24H36IN5O2. The fourth-order valence-corrected chi connectivity index (χ4v) is 4.77. The van der Waals surface area contributed by atoms with Crippen LogP contribution in [0.4, 0.5) is 0 Å². The minimum atomic E-state index is 0. The molecule has 7 nitrogen and oxygen atoms in total. The lowest BCUT2D eigenvalue weighted by Crippen LogP contribution is -2.48. The monoisotopic (exact) mass is 553 g/mol. The Kier molecular flexibility index (Phi) is 9.07. The summed E-state index contributed by atoms with van der Waals surface area (Å²) in [6, 6.07) is 6.51. The molecule has 2 fully saturated rings. The Balaban J connectivity index is 0.00000289. The molecule has 1 N–H and O–H groups in total. The molecule has 0 bridgehead atoms. The van der Waals surface area contributed by atoms with Crippen molar-refractivity contribution >= 4 is 29.9 Å². The molecule has 1 saturated heterocycles. The van der Waals surface area contributed by atoms with Gasteiger partial charge < -0.3 is 24.3 Å². The number of nitrogens with zero attached hydrogens (tertiary/aromatic N) is 4. The summed E-state index contributed by atoms with van der Waals surface area (Å²) < 4.78 is 14.2. The van der Waals surface area contributed by atoms with Gasteiger partial charge in [-0.1, -0.05) is 19.1 Å². The predicted octanol–water partition coefficient (Wildman–Crippen LogP) is 4.49. The number of piperidine rings is 1. The highest BCUT2D eigenvalue weighted by Gasteiger charge is 2.29. The van der Waals surface area contributed by atoms with Gasteiger partial charge in [0.15, 0.2) is 17.5 Å². The summed E-state index contributed by atoms with van der Waals surface area (Å²) in [5, 5.41) is 3.57. The fraction of sp³-hybridized carbons (Fsp3) is 0.583. The fourth-order valence-electron chi connectivity index (χ4n) is 4.77. The van der Waals surface area contributed by atoms with Gasteiger partial charge in [0, 0.05) is 44.6 Å². The summed E-state index contributed by atoms with van der Waals surface area (Å²) in [5.74, 6) is 3.19. The lowest BCUT2D eigenvalue weighted by Gasteiger charge is -2.39. The summed E-state index contributed by atoms with van der Waals surface area (Å²) in [6.07, 6.45) is 12.0. The van der Waals surface area contributed by atoms with E-state index in [2.05, 4.69) is 43.9 Å². The van der Waals surface area contributed by atoms with Crippen molar-refractivity contribution in [3.8, 4) is 11.5 Å². The Morgan fingerprint density at radius 2 is 2.06 bits per heavy atom. The molecule has 1 aromatic carbocycles. The normalized spacial score (nSPS) is 21.8. The van der Waals surface area contributed by atoms with E-state index in [0.29, 0.717) is 18.5 Å². The maximum absolute atomic E-state index is 6.39. The minimum Gasteiger partial charge on any atom is -0.493 e. The molecule has 2 heterocycles. The average Bonchev–Trinajstić information content (AvgIpc) is 3.50. The number of aromatic nitrogens is 2. The van der Waals surface area contributed by atoms with Crippen LogP contribution in [0, 0.1) is 5.92 Å². The van der Waals surface area contributed by atoms with E-state index in [1.807, 2.05) is 31.7 Å². The van der Waals surface area contributed by atoms with Gasteiger partial charge in [-0.25, -0.2) is 4.98 Å². The van der Waals surface area contributed by atoms with E-state index in [4.69, 9.17) is 9.47 Å². The number of nitrogens with one attached hydrogen (secondary N) is 1. The van der Waals surface area contributed by atoms with Crippen molar-refractivity contribution in [2.24, 2.45) is 10.9 Å². The third kappa shape index (κ3) is 5.68. The Morgan fingerprint density at radius 3 is 2.75 bits per heavy atom. The summed E-state index contributed by atoms with van der Waals surface area (Å²) in [7, 11) is 3.56. The van der Waals surface area contributed by atoms with Crippen molar-refractivity contribution in [2.75, 3.05) is 27.2 Å². The van der Waals surface area contributed by atoms with Crippen molar-refractivity contribution < 1.29 is 9.47 Å². The molecule has 1 aliphatic carbocycles. The molecule has 1 saturated carbocycles. The van der Waals surface area contributed by atoms with Gasteiger partial charge >= 0.3 is 0 Å². The predicted molar refractivity (Wildman–Crippen MR) is 138 cm³/mol. The van der Waals surface area contributed by atoms with Crippen LogP contribution in [0.3, 0.4) is 0 Å². The third-order valence-electron chi connectivity index (χ3n) is 6.64. The number of hydrogen-bond donors (Lipinski definition) is 1. The van der Waals surface area contributed by atoms with Gasteiger partial charge in [0.05, 0.1) is 25.6 Å². The molecule has 2 atom stereocenters. The molecule has 1 aromatic heterocycles. The van der Waals surface area contributed by atoms with Gasteiger partial charge in [-0.3, -0.25) is 4.99 Å². The average molecular weight is 553 g/mol. The quantitative estimate of drug-likeness (QED) is 0.325. The Hall–Kier alpha value is -1.97. The van der Waals surface area contributed by atoms with Crippen LogP contribution < -0.4 is 14.8 Å². The maximum atomic E-state index is 6.39. The van der Waals surface area contributed by atoms with E-state index >= 15 is 0 Å². The number of imidazole rings is 1. The molecule has 8 heteroatoms. The van der Waals surface area contributed by atoms with E-state index in [-0.39, 0.29) is 30.1 Å². The van der Waals surface area contributed by atoms with Crippen molar-refractivity contribution in [3.63, 3.8) is 0 Å². The molecule has 2 aliphatic rings. The number of aliphatic imine (C=N–C) groups is 1. The number of rotatable bonds is 6. The van der Waals surface area contributed by atoms with E-state index in [1.54, 1.807) is 7.11 Å². The molecule has 4 rings (SSSR count). The van der Waals surface area contributed by atoms with E-state index in [9.17, 15) is 0 Å². The van der Waals surface area contributed by atoms with Crippen molar-refractivity contribution in [1.82, 2.24) is 19.8 Å². The molecule has 0 radical (unpaired) electrons. The number of likely N-dealkylation sites (tertiary alicyclic amines) is 1. The molecule has 2 aromatic rings. The highest BCUT2D eigenvalue weighted by molar-refractivity contribution is 14.0. The Bertz CT molecular complexity index is 867. The van der Waals surface area contributed by atoms with Crippen LogP contribution in [-0.4, -0.2) is 53.8 Å². The van der Waals surface area contributed by atoms with Crippen LogP contribution in [-0.2, 0) is 6.54 Å². The van der Waals surface area contributed by atoms with E-state index in [0.717, 1.165) is 55.4 Å². The first-order valence-electron chi connectivity index (χ1n) is 11.4. The zero-order valence-corrected chi connectivity index (χ0v) is 21.7. The molecular weight excluding hydrogens is 517 g/mol. The molecule has 32 heavy (non-hydrogen) atoms. The summed E-state index contributed by atoms with van der Waals surface area (Å²) in [5.41, 5.74) is 1.10. The van der Waals surface area contributed by atoms with E-state index < -0.39 is 0 Å². The molecule has 2 unspecified atom stereocenters. The molecule has 0 amide bonds. The van der Waals surface area contributed by atoms with Gasteiger partial charge in [-0.2, -0.15) is 0 Å². The second-order valence-corrected chi connectivity index (χ2v) is 8.66. The Morgan fingerprint density at radius 1 is 1.25 bits per heavy atom. The first-order chi connectivity index (χ1) is 15.2. The first kappa shape index (κ1) is 24.7. The van der Waals surface area contributed by atoms with Crippen molar-refractivity contribution in [1.29, 1.82) is 0 Å². The van der Waals surface area contributed by atoms with Gasteiger partial charge in [0.2, 0.25) is 0 Å². The number of hydrogen-bond acceptors (Lipinski definition) is 4. The number of halogens is 1. The first-order valence-corrected chi connectivity index (χ1v) is 11.4. The number of benzene rings is 1. The number of ether oxygens (including phenoxy) is 2. The maximum Gasteiger partial charge on any atom is 0.193 e. The SMILES string of the molecule is CN=C(NCc1cccc(OC)c1OC1CCCC1)N1CCC(C)C(n2ccnc2)C1.I. The largest absolute Gasteiger partial charge is 0.493 e. The van der Waals surface area contributed by atoms with E-state index in [1.165, 1.54) is 12.8 Å². The molecule has 1 aliphatic heterocycles. The van der Waals surface area contributed by atoms with Crippen LogP contribution in [0.2, 0.25) is 0 Å². The van der Waals surface area contributed by atoms with Gasteiger partial charge in [-0.15, -0.1) is 24.0 Å². The molecule has 176 valence electrons. The molecule has 0 spiro atoms. The zero-order valence-electron chi connectivity index (χ0n) is 19.4. The smallest absolute Gasteiger partial charge is 0.193 e. The number of para-hydroxylation sites is 1. The second kappa shape index (κ2) is 11.8. The van der Waals surface area contributed by atoms with Gasteiger partial charge in [0.1, 0.15) is 0 Å². The lowest BCUT2D eigenvalue weighted by molar-refractivity contribution is 0.188. The van der Waals surface area contributed by atoms with Crippen molar-refractivity contribution in [3.05, 3.63) is 42.5 Å². The Labute approximate surface area is 208 Å². The highest BCUT2D eigenvalue weighted by Crippen LogP contribution is 2.35. The van der Waals surface area contributed by atoms with Crippen molar-refractivity contribution in [2.45, 2.75) is 57.7 Å². The lowest BCUT2D eigenvalue weighted by atomic mass is 9.93. The van der Waals surface area contributed by atoms with Crippen LogP contribution in [0.1, 0.15) is 50.6 Å². The van der Waals surface area contributed by atoms with Crippen LogP contribution in [0.25, 0.3) is 0 Å². The zero-order chi connectivity index (χ0) is 21.6. The summed E-state index contributed by atoms with van der Waals surface area (Å²) >= 11 is 0. The topological polar surface area (TPSA) is 63.9 Å². The summed E-state index contributed by atoms with van der Waals surface area (Å²) in [4.78, 5) is 11.2. The number of guanidine groups is 1. The highest BCUT2D eigenvalue weighted by atomic mass is 127. The third-order valence-corrected chi connectivity index (χ3v) is 6.64. The minimum absolute atomic E-state index is 0. The standard InChI is InChI=1S/C24H35N5O2.HI/c1-18-11-13-28(16-21(18)29-14-12-26-17-29)24(25-2)27-15-19-7-6-10-22(30-3)23(19)31-20-8-4-5-9-20;/h6-7,10,12,14,17-18,20-21H,4-5,8-9,11,13,15-16H2,1-3H3,(H,25,27);1H. The van der Waals surface area contributed by atoms with Gasteiger partial charge in [-0.05, 0) is 44.1 Å². The van der Waals surface area contributed by atoms with Crippen LogP contribution in [0.5, 0.6) is 11.5 Å². The van der Waals surface area contributed by atoms with Crippen LogP contribution in [0.15, 0.2) is 41.9 Å². The summed E-state index contributed by atoms with van der Waals surface area (Å²) in [6.45, 7) is 4.88. The number of methoxy groups -OCH3 is 1.